The van der Waals surface area contributed by atoms with Gasteiger partial charge in [-0.2, -0.15) is 0 Å². The Morgan fingerprint density at radius 3 is 2.53 bits per heavy atom. The van der Waals surface area contributed by atoms with Crippen LogP contribution in [0.3, 0.4) is 0 Å². The van der Waals surface area contributed by atoms with Crippen LogP contribution in [0, 0.1) is 6.92 Å². The maximum absolute atomic E-state index is 4.31. The molecule has 1 N–H and O–H groups in total. The lowest BCUT2D eigenvalue weighted by Gasteiger charge is -2.11. The highest BCUT2D eigenvalue weighted by atomic mass is 15.1. The molecule has 0 atom stereocenters. The molecule has 0 radical (unpaired) electrons. The summed E-state index contributed by atoms with van der Waals surface area (Å²) < 4.78 is 0. The summed E-state index contributed by atoms with van der Waals surface area (Å²) in [7, 11) is 0. The number of hydrogen-bond donors (Lipinski definition) is 1. The molecule has 1 heterocycles. The minimum absolute atomic E-state index is 0.599. The van der Waals surface area contributed by atoms with Crippen LogP contribution in [0.25, 0.3) is 0 Å². The van der Waals surface area contributed by atoms with Gasteiger partial charge in [-0.15, -0.1) is 0 Å². The van der Waals surface area contributed by atoms with Crippen LogP contribution in [0.5, 0.6) is 0 Å². The Hall–Kier alpha value is -1.12. The van der Waals surface area contributed by atoms with Gasteiger partial charge in [0.1, 0.15) is 0 Å². The molecule has 0 aliphatic heterocycles. The number of anilines is 1. The van der Waals surface area contributed by atoms with E-state index in [-0.39, 0.29) is 0 Å². The zero-order valence-electron chi connectivity index (χ0n) is 9.95. The van der Waals surface area contributed by atoms with Crippen LogP contribution >= 0.6 is 0 Å². The van der Waals surface area contributed by atoms with E-state index in [1.807, 2.05) is 26.8 Å². The lowest BCUT2D eigenvalue weighted by Crippen LogP contribution is -2.16. The Kier molecular flexibility index (Phi) is 5.08. The molecule has 1 fully saturated rings. The van der Waals surface area contributed by atoms with Gasteiger partial charge in [0.25, 0.3) is 0 Å². The minimum Gasteiger partial charge on any atom is -0.351 e. The van der Waals surface area contributed by atoms with E-state index in [1.54, 1.807) is 6.20 Å². The Labute approximate surface area is 92.3 Å². The molecular weight excluding hydrogens is 186 g/mol. The van der Waals surface area contributed by atoms with E-state index < -0.39 is 0 Å². The van der Waals surface area contributed by atoms with E-state index in [0.717, 1.165) is 11.6 Å². The molecule has 0 amide bonds. The normalized spacial score (nSPS) is 15.7. The molecule has 0 bridgehead atoms. The third-order valence-electron chi connectivity index (χ3n) is 2.48. The van der Waals surface area contributed by atoms with Crippen molar-refractivity contribution in [1.29, 1.82) is 0 Å². The molecule has 3 heteroatoms. The summed E-state index contributed by atoms with van der Waals surface area (Å²) in [6.07, 6.45) is 7.00. The minimum atomic E-state index is 0.599. The quantitative estimate of drug-likeness (QED) is 0.809. The van der Waals surface area contributed by atoms with Gasteiger partial charge in [-0.1, -0.05) is 26.7 Å². The second-order valence-electron chi connectivity index (χ2n) is 3.65. The molecule has 1 aromatic heterocycles. The summed E-state index contributed by atoms with van der Waals surface area (Å²) in [6.45, 7) is 5.99. The molecule has 0 saturated heterocycles. The van der Waals surface area contributed by atoms with Crippen molar-refractivity contribution in [3.05, 3.63) is 18.0 Å². The molecule has 84 valence electrons. The van der Waals surface area contributed by atoms with Crippen molar-refractivity contribution in [2.24, 2.45) is 0 Å². The van der Waals surface area contributed by atoms with Crippen molar-refractivity contribution in [3.63, 3.8) is 0 Å². The smallest absolute Gasteiger partial charge is 0.223 e. The molecule has 1 aliphatic carbocycles. The van der Waals surface area contributed by atoms with Crippen LogP contribution in [0.2, 0.25) is 0 Å². The van der Waals surface area contributed by atoms with E-state index >= 15 is 0 Å². The Bertz CT molecular complexity index is 280. The van der Waals surface area contributed by atoms with Crippen molar-refractivity contribution in [3.8, 4) is 0 Å². The highest BCUT2D eigenvalue weighted by molar-refractivity contribution is 5.26. The Morgan fingerprint density at radius 2 is 1.93 bits per heavy atom. The molecule has 0 spiro atoms. The summed E-state index contributed by atoms with van der Waals surface area (Å²) in [5, 5.41) is 3.36. The number of nitrogens with one attached hydrogen (secondary N) is 1. The monoisotopic (exact) mass is 207 g/mol. The van der Waals surface area contributed by atoms with Gasteiger partial charge in [0.05, 0.1) is 0 Å². The van der Waals surface area contributed by atoms with Gasteiger partial charge in [0.2, 0.25) is 5.95 Å². The highest BCUT2D eigenvalue weighted by Gasteiger charge is 2.15. The zero-order chi connectivity index (χ0) is 11.1. The van der Waals surface area contributed by atoms with Crippen LogP contribution < -0.4 is 5.32 Å². The van der Waals surface area contributed by atoms with Gasteiger partial charge in [-0.3, -0.25) is 0 Å². The fraction of sp³-hybridized carbons (Fsp3) is 0.667. The van der Waals surface area contributed by atoms with E-state index in [4.69, 9.17) is 0 Å². The van der Waals surface area contributed by atoms with Gasteiger partial charge in [0, 0.05) is 17.9 Å². The number of rotatable bonds is 2. The second-order valence-corrected chi connectivity index (χ2v) is 3.65. The fourth-order valence-corrected chi connectivity index (χ4v) is 1.77. The predicted molar refractivity (Wildman–Crippen MR) is 64.0 cm³/mol. The molecule has 1 saturated carbocycles. The van der Waals surface area contributed by atoms with Gasteiger partial charge in [-0.05, 0) is 25.8 Å². The number of aryl methyl sites for hydroxylation is 1. The average molecular weight is 207 g/mol. The van der Waals surface area contributed by atoms with Gasteiger partial charge in [-0.25, -0.2) is 9.97 Å². The van der Waals surface area contributed by atoms with Crippen molar-refractivity contribution in [1.82, 2.24) is 9.97 Å². The number of aromatic nitrogens is 2. The average Bonchev–Trinajstić information content (AvgIpc) is 2.74. The SMILES string of the molecule is CC.Cc1ccnc(NC2CCCC2)n1. The standard InChI is InChI=1S/C10H15N3.C2H6/c1-8-6-7-11-10(12-8)13-9-4-2-3-5-9;1-2/h6-7,9H,2-5H2,1H3,(H,11,12,13);1-2H3. The molecule has 1 aromatic rings. The largest absolute Gasteiger partial charge is 0.351 e. The Balaban J connectivity index is 0.000000531. The maximum Gasteiger partial charge on any atom is 0.223 e. The van der Waals surface area contributed by atoms with Crippen LogP contribution in [-0.2, 0) is 0 Å². The molecule has 0 aromatic carbocycles. The third-order valence-corrected chi connectivity index (χ3v) is 2.48. The molecule has 2 rings (SSSR count). The maximum atomic E-state index is 4.31. The highest BCUT2D eigenvalue weighted by Crippen LogP contribution is 2.20. The first-order valence-corrected chi connectivity index (χ1v) is 5.91. The summed E-state index contributed by atoms with van der Waals surface area (Å²) in [4.78, 5) is 8.50. The van der Waals surface area contributed by atoms with Crippen molar-refractivity contribution >= 4 is 5.95 Å². The summed E-state index contributed by atoms with van der Waals surface area (Å²) >= 11 is 0. The summed E-state index contributed by atoms with van der Waals surface area (Å²) in [6, 6.07) is 2.52. The number of nitrogens with zero attached hydrogens (tertiary/aromatic N) is 2. The predicted octanol–water partition coefficient (Wildman–Crippen LogP) is 3.17. The van der Waals surface area contributed by atoms with Crippen LogP contribution in [-0.4, -0.2) is 16.0 Å². The first-order chi connectivity index (χ1) is 7.34. The van der Waals surface area contributed by atoms with E-state index in [1.165, 1.54) is 25.7 Å². The van der Waals surface area contributed by atoms with Crippen molar-refractivity contribution in [2.45, 2.75) is 52.5 Å². The summed E-state index contributed by atoms with van der Waals surface area (Å²) in [5.74, 6) is 0.784. The topological polar surface area (TPSA) is 37.8 Å². The Morgan fingerprint density at radius 1 is 1.27 bits per heavy atom. The lowest BCUT2D eigenvalue weighted by atomic mass is 10.2. The van der Waals surface area contributed by atoms with E-state index in [2.05, 4.69) is 15.3 Å². The van der Waals surface area contributed by atoms with Crippen molar-refractivity contribution in [2.75, 3.05) is 5.32 Å². The number of hydrogen-bond acceptors (Lipinski definition) is 3. The fourth-order valence-electron chi connectivity index (χ4n) is 1.77. The molecule has 15 heavy (non-hydrogen) atoms. The van der Waals surface area contributed by atoms with Gasteiger partial charge >= 0.3 is 0 Å². The van der Waals surface area contributed by atoms with Gasteiger partial charge < -0.3 is 5.32 Å². The molecule has 0 unspecified atom stereocenters. The molecule has 3 nitrogen and oxygen atoms in total. The van der Waals surface area contributed by atoms with Gasteiger partial charge in [0.15, 0.2) is 0 Å². The lowest BCUT2D eigenvalue weighted by molar-refractivity contribution is 0.743. The third kappa shape index (κ3) is 3.86. The van der Waals surface area contributed by atoms with E-state index in [0.29, 0.717) is 6.04 Å². The molecular formula is C12H21N3. The van der Waals surface area contributed by atoms with Crippen LogP contribution in [0.15, 0.2) is 12.3 Å². The van der Waals surface area contributed by atoms with Crippen LogP contribution in [0.4, 0.5) is 5.95 Å². The first kappa shape index (κ1) is 12.0. The second kappa shape index (κ2) is 6.38. The zero-order valence-corrected chi connectivity index (χ0v) is 9.95. The van der Waals surface area contributed by atoms with Crippen LogP contribution in [0.1, 0.15) is 45.2 Å². The molecule has 1 aliphatic rings. The first-order valence-electron chi connectivity index (χ1n) is 5.91. The summed E-state index contributed by atoms with van der Waals surface area (Å²) in [5.41, 5.74) is 1.02. The van der Waals surface area contributed by atoms with E-state index in [9.17, 15) is 0 Å². The van der Waals surface area contributed by atoms with Crippen molar-refractivity contribution < 1.29 is 0 Å².